The Kier molecular flexibility index (Phi) is 5.15. The van der Waals surface area contributed by atoms with Gasteiger partial charge in [0.05, 0.1) is 18.6 Å². The first kappa shape index (κ1) is 15.0. The topological polar surface area (TPSA) is 43.8 Å². The molecule has 1 aliphatic rings. The highest BCUT2D eigenvalue weighted by atomic mass is 16.3. The number of carbonyl (C=O) groups is 1. The third-order valence-electron chi connectivity index (χ3n) is 4.02. The van der Waals surface area contributed by atoms with Gasteiger partial charge in [0.1, 0.15) is 0 Å². The number of hydrogen-bond donors (Lipinski definition) is 1. The second-order valence-electron chi connectivity index (χ2n) is 5.30. The molecule has 1 aromatic rings. The fraction of sp³-hybridized carbons (Fsp3) is 0.562. The van der Waals surface area contributed by atoms with Crippen molar-refractivity contribution in [3.05, 3.63) is 35.9 Å². The van der Waals surface area contributed by atoms with Crippen LogP contribution in [0.15, 0.2) is 30.3 Å². The lowest BCUT2D eigenvalue weighted by Crippen LogP contribution is -2.39. The zero-order valence-electron chi connectivity index (χ0n) is 12.3. The number of aliphatic hydroxyl groups is 1. The van der Waals surface area contributed by atoms with Gasteiger partial charge in [-0.05, 0) is 18.7 Å². The summed E-state index contributed by atoms with van der Waals surface area (Å²) in [5.74, 6) is 0.0607. The summed E-state index contributed by atoms with van der Waals surface area (Å²) in [6, 6.07) is 10.5. The molecule has 0 spiro atoms. The van der Waals surface area contributed by atoms with Crippen LogP contribution in [0.1, 0.15) is 31.9 Å². The normalized spacial score (nSPS) is 20.7. The molecule has 1 amide bonds. The van der Waals surface area contributed by atoms with E-state index in [1.165, 1.54) is 5.56 Å². The molecule has 4 heteroatoms. The smallest absolute Gasteiger partial charge is 0.225 e. The first-order valence-electron chi connectivity index (χ1n) is 7.40. The van der Waals surface area contributed by atoms with Crippen LogP contribution in [0.3, 0.4) is 0 Å². The lowest BCUT2D eigenvalue weighted by Gasteiger charge is -2.33. The van der Waals surface area contributed by atoms with E-state index in [2.05, 4.69) is 30.9 Å². The molecular formula is C16H24N2O2. The zero-order valence-corrected chi connectivity index (χ0v) is 12.3. The Balaban J connectivity index is 2.17. The van der Waals surface area contributed by atoms with Crippen molar-refractivity contribution in [2.75, 3.05) is 26.2 Å². The van der Waals surface area contributed by atoms with Crippen LogP contribution in [-0.4, -0.2) is 53.1 Å². The van der Waals surface area contributed by atoms with Crippen LogP contribution in [0.2, 0.25) is 0 Å². The maximum atomic E-state index is 11.9. The molecule has 4 nitrogen and oxygen atoms in total. The Hall–Kier alpha value is -1.39. The van der Waals surface area contributed by atoms with Gasteiger partial charge in [-0.25, -0.2) is 0 Å². The average molecular weight is 276 g/mol. The molecule has 1 saturated heterocycles. The van der Waals surface area contributed by atoms with Crippen molar-refractivity contribution in [3.8, 4) is 0 Å². The molecule has 2 unspecified atom stereocenters. The number of likely N-dealkylation sites (N-methyl/N-ethyl adjacent to an activating group) is 1. The van der Waals surface area contributed by atoms with Gasteiger partial charge >= 0.3 is 0 Å². The molecule has 1 heterocycles. The summed E-state index contributed by atoms with van der Waals surface area (Å²) in [7, 11) is 0. The number of hydrogen-bond acceptors (Lipinski definition) is 3. The Morgan fingerprint density at radius 1 is 1.30 bits per heavy atom. The largest absolute Gasteiger partial charge is 0.391 e. The summed E-state index contributed by atoms with van der Waals surface area (Å²) in [6.45, 7) is 7.28. The highest BCUT2D eigenvalue weighted by molar-refractivity contribution is 5.79. The van der Waals surface area contributed by atoms with Crippen LogP contribution >= 0.6 is 0 Å². The average Bonchev–Trinajstić information content (AvgIpc) is 2.78. The number of amides is 1. The highest BCUT2D eigenvalue weighted by Crippen LogP contribution is 2.24. The predicted octanol–water partition coefficient (Wildman–Crippen LogP) is 1.66. The summed E-state index contributed by atoms with van der Waals surface area (Å²) in [4.78, 5) is 16.0. The van der Waals surface area contributed by atoms with E-state index in [1.54, 1.807) is 4.90 Å². The minimum absolute atomic E-state index is 0.0607. The molecule has 2 rings (SSSR count). The summed E-state index contributed by atoms with van der Waals surface area (Å²) in [5, 5.41) is 9.63. The van der Waals surface area contributed by atoms with E-state index in [0.29, 0.717) is 13.1 Å². The molecule has 0 bridgehead atoms. The Morgan fingerprint density at radius 3 is 2.45 bits per heavy atom. The van der Waals surface area contributed by atoms with Crippen LogP contribution < -0.4 is 0 Å². The maximum Gasteiger partial charge on any atom is 0.225 e. The van der Waals surface area contributed by atoms with Gasteiger partial charge in [-0.3, -0.25) is 9.69 Å². The van der Waals surface area contributed by atoms with Crippen LogP contribution in [0, 0.1) is 0 Å². The fourth-order valence-electron chi connectivity index (χ4n) is 2.91. The number of rotatable bonds is 6. The first-order chi connectivity index (χ1) is 9.65. The third kappa shape index (κ3) is 3.38. The molecule has 0 radical (unpaired) electrons. The lowest BCUT2D eigenvalue weighted by molar-refractivity contribution is -0.128. The van der Waals surface area contributed by atoms with E-state index in [9.17, 15) is 9.90 Å². The van der Waals surface area contributed by atoms with Gasteiger partial charge < -0.3 is 10.0 Å². The van der Waals surface area contributed by atoms with Crippen molar-refractivity contribution < 1.29 is 9.90 Å². The summed E-state index contributed by atoms with van der Waals surface area (Å²) in [5.41, 5.74) is 1.23. The summed E-state index contributed by atoms with van der Waals surface area (Å²) < 4.78 is 0. The second-order valence-corrected chi connectivity index (χ2v) is 5.30. The fourth-order valence-corrected chi connectivity index (χ4v) is 2.91. The van der Waals surface area contributed by atoms with Crippen molar-refractivity contribution in [2.24, 2.45) is 0 Å². The van der Waals surface area contributed by atoms with Crippen LogP contribution in [0.5, 0.6) is 0 Å². The SMILES string of the molecule is CCN(CC)C(CN1CC(O)CC1=O)c1ccccc1. The number of nitrogens with zero attached hydrogens (tertiary/aromatic N) is 2. The molecule has 0 saturated carbocycles. The van der Waals surface area contributed by atoms with Gasteiger partial charge in [0.2, 0.25) is 5.91 Å². The van der Waals surface area contributed by atoms with Crippen LogP contribution in [-0.2, 0) is 4.79 Å². The Morgan fingerprint density at radius 2 is 1.95 bits per heavy atom. The van der Waals surface area contributed by atoms with Crippen molar-refractivity contribution in [1.82, 2.24) is 9.80 Å². The van der Waals surface area contributed by atoms with Gasteiger partial charge in [-0.15, -0.1) is 0 Å². The Bertz CT molecular complexity index is 431. The van der Waals surface area contributed by atoms with Gasteiger partial charge in [0.25, 0.3) is 0 Å². The van der Waals surface area contributed by atoms with E-state index >= 15 is 0 Å². The second kappa shape index (κ2) is 6.86. The molecule has 2 atom stereocenters. The van der Waals surface area contributed by atoms with Crippen molar-refractivity contribution in [1.29, 1.82) is 0 Å². The highest BCUT2D eigenvalue weighted by Gasteiger charge is 2.31. The van der Waals surface area contributed by atoms with Gasteiger partial charge in [0.15, 0.2) is 0 Å². The molecule has 20 heavy (non-hydrogen) atoms. The van der Waals surface area contributed by atoms with E-state index in [1.807, 2.05) is 18.2 Å². The van der Waals surface area contributed by atoms with Crippen LogP contribution in [0.4, 0.5) is 0 Å². The van der Waals surface area contributed by atoms with Gasteiger partial charge in [0, 0.05) is 13.1 Å². The molecule has 0 aromatic heterocycles. The van der Waals surface area contributed by atoms with Gasteiger partial charge in [-0.2, -0.15) is 0 Å². The van der Waals surface area contributed by atoms with E-state index in [0.717, 1.165) is 13.1 Å². The van der Waals surface area contributed by atoms with Crippen molar-refractivity contribution in [2.45, 2.75) is 32.4 Å². The van der Waals surface area contributed by atoms with Crippen molar-refractivity contribution in [3.63, 3.8) is 0 Å². The Labute approximate surface area is 121 Å². The van der Waals surface area contributed by atoms with Crippen LogP contribution in [0.25, 0.3) is 0 Å². The number of carbonyl (C=O) groups excluding carboxylic acids is 1. The molecule has 1 aromatic carbocycles. The lowest BCUT2D eigenvalue weighted by atomic mass is 10.0. The molecule has 1 fully saturated rings. The minimum Gasteiger partial charge on any atom is -0.391 e. The van der Waals surface area contributed by atoms with E-state index < -0.39 is 6.10 Å². The number of β-amino-alcohol motifs (C(OH)–C–C–N with tert-alkyl or cyclic N) is 1. The van der Waals surface area contributed by atoms with E-state index in [-0.39, 0.29) is 18.4 Å². The number of benzene rings is 1. The maximum absolute atomic E-state index is 11.9. The molecular weight excluding hydrogens is 252 g/mol. The summed E-state index contributed by atoms with van der Waals surface area (Å²) in [6.07, 6.45) is -0.240. The first-order valence-corrected chi connectivity index (χ1v) is 7.40. The monoisotopic (exact) mass is 276 g/mol. The standard InChI is InChI=1S/C16H24N2O2/c1-3-17(4-2)15(13-8-6-5-7-9-13)12-18-11-14(19)10-16(18)20/h5-9,14-15,19H,3-4,10-12H2,1-2H3. The predicted molar refractivity (Wildman–Crippen MR) is 79.3 cm³/mol. The molecule has 0 aliphatic carbocycles. The minimum atomic E-state index is -0.504. The quantitative estimate of drug-likeness (QED) is 0.859. The third-order valence-corrected chi connectivity index (χ3v) is 4.02. The number of aliphatic hydroxyl groups excluding tert-OH is 1. The van der Waals surface area contributed by atoms with Gasteiger partial charge in [-0.1, -0.05) is 44.2 Å². The molecule has 1 N–H and O–H groups in total. The molecule has 110 valence electrons. The van der Waals surface area contributed by atoms with Crippen molar-refractivity contribution >= 4 is 5.91 Å². The zero-order chi connectivity index (χ0) is 14.5. The summed E-state index contributed by atoms with van der Waals surface area (Å²) >= 11 is 0. The number of likely N-dealkylation sites (tertiary alicyclic amines) is 1. The van der Waals surface area contributed by atoms with E-state index in [4.69, 9.17) is 0 Å². The molecule has 1 aliphatic heterocycles.